The molecule has 0 bridgehead atoms. The van der Waals surface area contributed by atoms with E-state index in [0.29, 0.717) is 12.1 Å². The fourth-order valence-electron chi connectivity index (χ4n) is 1.83. The first-order chi connectivity index (χ1) is 10.1. The maximum Gasteiger partial charge on any atom is 0.251 e. The lowest BCUT2D eigenvalue weighted by Gasteiger charge is -2.08. The average Bonchev–Trinajstić information content (AvgIpc) is 2.53. The number of carbonyl (C=O) groups is 1. The molecule has 0 atom stereocenters. The van der Waals surface area contributed by atoms with Crippen LogP contribution in [0.3, 0.4) is 0 Å². The van der Waals surface area contributed by atoms with E-state index in [1.54, 1.807) is 0 Å². The molecule has 0 fully saturated rings. The van der Waals surface area contributed by atoms with Gasteiger partial charge in [0.1, 0.15) is 0 Å². The quantitative estimate of drug-likeness (QED) is 0.834. The summed E-state index contributed by atoms with van der Waals surface area (Å²) in [5.74, 6) is -0.693. The molecule has 0 saturated carbocycles. The van der Waals surface area contributed by atoms with E-state index >= 15 is 0 Å². The third-order valence-electron chi connectivity index (χ3n) is 3.04. The number of hydrogen-bond acceptors (Lipinski definition) is 2. The fourth-order valence-corrected chi connectivity index (χ4v) is 2.21. The summed E-state index contributed by atoms with van der Waals surface area (Å²) in [5, 5.41) is 3.60. The molecule has 0 aliphatic rings. The van der Waals surface area contributed by atoms with E-state index < -0.39 is 5.82 Å². The van der Waals surface area contributed by atoms with Crippen LogP contribution in [0.2, 0.25) is 0 Å². The van der Waals surface area contributed by atoms with Crippen LogP contribution in [0.4, 0.5) is 4.39 Å². The van der Waals surface area contributed by atoms with Crippen LogP contribution in [0.25, 0.3) is 0 Å². The van der Waals surface area contributed by atoms with Crippen LogP contribution < -0.4 is 10.1 Å². The first-order valence-corrected chi connectivity index (χ1v) is 7.51. The Morgan fingerprint density at radius 1 is 1.19 bits per heavy atom. The number of hydrogen-bond donors (Lipinski definition) is 1. The van der Waals surface area contributed by atoms with Crippen molar-refractivity contribution in [3.63, 3.8) is 0 Å². The Balaban J connectivity index is 2.00. The van der Waals surface area contributed by atoms with E-state index in [2.05, 4.69) is 21.2 Å². The van der Waals surface area contributed by atoms with Crippen LogP contribution in [0.1, 0.15) is 21.5 Å². The predicted octanol–water partition coefficient (Wildman–Crippen LogP) is 3.66. The molecule has 2 aromatic carbocycles. The summed E-state index contributed by atoms with van der Waals surface area (Å²) in [4.78, 5) is 12.0. The first kappa shape index (κ1) is 15.5. The summed E-state index contributed by atoms with van der Waals surface area (Å²) >= 11 is 3.38. The third-order valence-corrected chi connectivity index (χ3v) is 3.69. The molecule has 21 heavy (non-hydrogen) atoms. The van der Waals surface area contributed by atoms with E-state index in [9.17, 15) is 9.18 Å². The molecule has 0 aliphatic heterocycles. The number of methoxy groups -OCH3 is 1. The molecule has 0 radical (unpaired) electrons. The van der Waals surface area contributed by atoms with Gasteiger partial charge in [0.05, 0.1) is 7.11 Å². The maximum atomic E-state index is 13.3. The average molecular weight is 352 g/mol. The molecule has 0 aliphatic carbocycles. The highest BCUT2D eigenvalue weighted by Crippen LogP contribution is 2.18. The maximum absolute atomic E-state index is 13.3. The molecule has 3 nitrogen and oxygen atoms in total. The highest BCUT2D eigenvalue weighted by molar-refractivity contribution is 9.08. The van der Waals surface area contributed by atoms with Crippen LogP contribution >= 0.6 is 15.9 Å². The Hall–Kier alpha value is -1.88. The lowest BCUT2D eigenvalue weighted by atomic mass is 10.1. The van der Waals surface area contributed by atoms with Gasteiger partial charge in [0.25, 0.3) is 5.91 Å². The Bertz CT molecular complexity index is 629. The molecule has 0 aromatic heterocycles. The van der Waals surface area contributed by atoms with Crippen LogP contribution in [-0.2, 0) is 11.9 Å². The summed E-state index contributed by atoms with van der Waals surface area (Å²) in [5.41, 5.74) is 2.54. The zero-order valence-corrected chi connectivity index (χ0v) is 13.1. The van der Waals surface area contributed by atoms with Crippen LogP contribution in [0.5, 0.6) is 5.75 Å². The van der Waals surface area contributed by atoms with Crippen molar-refractivity contribution in [1.29, 1.82) is 0 Å². The monoisotopic (exact) mass is 351 g/mol. The molecular weight excluding hydrogens is 337 g/mol. The number of halogens is 2. The van der Waals surface area contributed by atoms with Gasteiger partial charge in [0.15, 0.2) is 11.6 Å². The SMILES string of the molecule is COc1cc(C(=O)NCc2ccc(CBr)cc2)ccc1F. The van der Waals surface area contributed by atoms with Crippen molar-refractivity contribution in [1.82, 2.24) is 5.32 Å². The second kappa shape index (κ2) is 7.22. The number of ether oxygens (including phenoxy) is 1. The van der Waals surface area contributed by atoms with Gasteiger partial charge < -0.3 is 10.1 Å². The Labute approximate surface area is 131 Å². The van der Waals surface area contributed by atoms with Gasteiger partial charge in [0.2, 0.25) is 0 Å². The van der Waals surface area contributed by atoms with Crippen molar-refractivity contribution in [2.45, 2.75) is 11.9 Å². The molecule has 0 unspecified atom stereocenters. The molecule has 1 amide bonds. The Kier molecular flexibility index (Phi) is 5.33. The predicted molar refractivity (Wildman–Crippen MR) is 83.2 cm³/mol. The second-order valence-electron chi connectivity index (χ2n) is 4.48. The van der Waals surface area contributed by atoms with Gasteiger partial charge >= 0.3 is 0 Å². The molecular formula is C16H15BrFNO2. The van der Waals surface area contributed by atoms with Gasteiger partial charge in [-0.3, -0.25) is 4.79 Å². The standard InChI is InChI=1S/C16H15BrFNO2/c1-21-15-8-13(6-7-14(15)18)16(20)19-10-12-4-2-11(9-17)3-5-12/h2-8H,9-10H2,1H3,(H,19,20). The molecule has 2 aromatic rings. The van der Waals surface area contributed by atoms with E-state index in [-0.39, 0.29) is 11.7 Å². The van der Waals surface area contributed by atoms with E-state index in [0.717, 1.165) is 10.9 Å². The highest BCUT2D eigenvalue weighted by atomic mass is 79.9. The van der Waals surface area contributed by atoms with E-state index in [1.807, 2.05) is 24.3 Å². The number of nitrogens with one attached hydrogen (secondary N) is 1. The van der Waals surface area contributed by atoms with Crippen molar-refractivity contribution < 1.29 is 13.9 Å². The first-order valence-electron chi connectivity index (χ1n) is 6.39. The number of rotatable bonds is 5. The van der Waals surface area contributed by atoms with Gasteiger partial charge in [-0.15, -0.1) is 0 Å². The van der Waals surface area contributed by atoms with Gasteiger partial charge in [0, 0.05) is 17.4 Å². The number of amides is 1. The zero-order chi connectivity index (χ0) is 15.2. The number of carbonyl (C=O) groups excluding carboxylic acids is 1. The topological polar surface area (TPSA) is 38.3 Å². The van der Waals surface area contributed by atoms with E-state index in [4.69, 9.17) is 4.74 Å². The lowest BCUT2D eigenvalue weighted by Crippen LogP contribution is -2.22. The number of benzene rings is 2. The second-order valence-corrected chi connectivity index (χ2v) is 5.04. The zero-order valence-electron chi connectivity index (χ0n) is 11.5. The fraction of sp³-hybridized carbons (Fsp3) is 0.188. The highest BCUT2D eigenvalue weighted by Gasteiger charge is 2.09. The van der Waals surface area contributed by atoms with Crippen LogP contribution in [0.15, 0.2) is 42.5 Å². The molecule has 2 rings (SSSR count). The minimum absolute atomic E-state index is 0.0596. The largest absolute Gasteiger partial charge is 0.494 e. The smallest absolute Gasteiger partial charge is 0.251 e. The summed E-state index contributed by atoms with van der Waals surface area (Å²) in [6.45, 7) is 0.418. The van der Waals surface area contributed by atoms with Crippen molar-refractivity contribution >= 4 is 21.8 Å². The van der Waals surface area contributed by atoms with Gasteiger partial charge in [-0.05, 0) is 29.3 Å². The van der Waals surface area contributed by atoms with Crippen molar-refractivity contribution in [3.8, 4) is 5.75 Å². The molecule has 0 saturated heterocycles. The Morgan fingerprint density at radius 2 is 1.86 bits per heavy atom. The van der Waals surface area contributed by atoms with Gasteiger partial charge in [-0.1, -0.05) is 40.2 Å². The van der Waals surface area contributed by atoms with E-state index in [1.165, 1.54) is 30.9 Å². The third kappa shape index (κ3) is 4.04. The lowest BCUT2D eigenvalue weighted by molar-refractivity contribution is 0.0950. The summed E-state index contributed by atoms with van der Waals surface area (Å²) < 4.78 is 18.2. The normalized spacial score (nSPS) is 10.2. The molecule has 110 valence electrons. The van der Waals surface area contributed by atoms with Crippen LogP contribution in [0, 0.1) is 5.82 Å². The van der Waals surface area contributed by atoms with Gasteiger partial charge in [-0.25, -0.2) is 4.39 Å². The molecule has 0 heterocycles. The summed E-state index contributed by atoms with van der Waals surface area (Å²) in [6, 6.07) is 12.0. The van der Waals surface area contributed by atoms with Gasteiger partial charge in [-0.2, -0.15) is 0 Å². The van der Waals surface area contributed by atoms with Crippen molar-refractivity contribution in [3.05, 3.63) is 65.0 Å². The van der Waals surface area contributed by atoms with Crippen LogP contribution in [-0.4, -0.2) is 13.0 Å². The minimum atomic E-state index is -0.487. The summed E-state index contributed by atoms with van der Waals surface area (Å²) in [6.07, 6.45) is 0. The Morgan fingerprint density at radius 3 is 2.48 bits per heavy atom. The van der Waals surface area contributed by atoms with Crippen molar-refractivity contribution in [2.75, 3.05) is 7.11 Å². The summed E-state index contributed by atoms with van der Waals surface area (Å²) in [7, 11) is 1.37. The molecule has 1 N–H and O–H groups in total. The molecule has 5 heteroatoms. The van der Waals surface area contributed by atoms with Crippen molar-refractivity contribution in [2.24, 2.45) is 0 Å². The number of alkyl halides is 1. The minimum Gasteiger partial charge on any atom is -0.494 e. The molecule has 0 spiro atoms.